The lowest BCUT2D eigenvalue weighted by atomic mass is 10.2. The van der Waals surface area contributed by atoms with Crippen LogP contribution >= 0.6 is 11.3 Å². The Labute approximate surface area is 168 Å². The summed E-state index contributed by atoms with van der Waals surface area (Å²) in [4.78, 5) is 28.4. The normalized spacial score (nSPS) is 19.9. The Bertz CT molecular complexity index is 975. The highest BCUT2D eigenvalue weighted by atomic mass is 32.2. The molecule has 0 N–H and O–H groups in total. The van der Waals surface area contributed by atoms with Gasteiger partial charge in [0.1, 0.15) is 4.88 Å². The highest BCUT2D eigenvalue weighted by Gasteiger charge is 2.36. The van der Waals surface area contributed by atoms with Gasteiger partial charge in [0, 0.05) is 10.6 Å². The van der Waals surface area contributed by atoms with Crippen molar-refractivity contribution in [1.82, 2.24) is 0 Å². The molecule has 1 fully saturated rings. The average molecular weight is 420 g/mol. The molecular formula is C20H21NO5S2. The quantitative estimate of drug-likeness (QED) is 0.696. The minimum Gasteiger partial charge on any atom is -0.451 e. The van der Waals surface area contributed by atoms with Gasteiger partial charge in [0.25, 0.3) is 5.91 Å². The molecule has 148 valence electrons. The molecule has 4 rings (SSSR count). The second-order valence-electron chi connectivity index (χ2n) is 7.14. The lowest BCUT2D eigenvalue weighted by molar-refractivity contribution is -0.122. The van der Waals surface area contributed by atoms with Crippen LogP contribution in [0.3, 0.4) is 0 Å². The van der Waals surface area contributed by atoms with Gasteiger partial charge in [-0.3, -0.25) is 4.79 Å². The number of hydrogen-bond acceptors (Lipinski definition) is 6. The van der Waals surface area contributed by atoms with Crippen LogP contribution in [0.1, 0.15) is 33.0 Å². The van der Waals surface area contributed by atoms with Crippen LogP contribution in [0.15, 0.2) is 36.4 Å². The van der Waals surface area contributed by atoms with Gasteiger partial charge < -0.3 is 9.64 Å². The summed E-state index contributed by atoms with van der Waals surface area (Å²) in [6, 6.07) is 10.3. The third-order valence-electron chi connectivity index (χ3n) is 5.15. The van der Waals surface area contributed by atoms with Gasteiger partial charge in [-0.05, 0) is 49.4 Å². The summed E-state index contributed by atoms with van der Waals surface area (Å²) in [6.07, 6.45) is 3.47. The van der Waals surface area contributed by atoms with Crippen molar-refractivity contribution in [3.63, 3.8) is 0 Å². The molecule has 2 aromatic rings. The number of fused-ring (bicyclic) bond motifs is 1. The Morgan fingerprint density at radius 3 is 2.64 bits per heavy atom. The highest BCUT2D eigenvalue weighted by Crippen LogP contribution is 2.31. The van der Waals surface area contributed by atoms with E-state index in [0.29, 0.717) is 17.0 Å². The van der Waals surface area contributed by atoms with E-state index in [1.54, 1.807) is 24.3 Å². The summed E-state index contributed by atoms with van der Waals surface area (Å²) < 4.78 is 29.1. The maximum atomic E-state index is 12.9. The van der Waals surface area contributed by atoms with Gasteiger partial charge in [-0.2, -0.15) is 0 Å². The fourth-order valence-electron chi connectivity index (χ4n) is 3.82. The van der Waals surface area contributed by atoms with Crippen molar-refractivity contribution in [2.45, 2.75) is 31.7 Å². The van der Waals surface area contributed by atoms with Crippen molar-refractivity contribution >= 4 is 38.7 Å². The Morgan fingerprint density at radius 1 is 1.18 bits per heavy atom. The van der Waals surface area contributed by atoms with Crippen molar-refractivity contribution in [2.75, 3.05) is 23.0 Å². The molecule has 1 amide bonds. The standard InChI is InChI=1S/C20H21NO5S2/c22-19(12-26-20(23)18-11-14-5-4-8-17(14)27-18)21(15-6-2-1-3-7-15)16-9-10-28(24,25)13-16/h1-3,6-7,11,16H,4-5,8-10,12-13H2/t16-/m0/s1. The van der Waals surface area contributed by atoms with Crippen molar-refractivity contribution in [3.8, 4) is 0 Å². The van der Waals surface area contributed by atoms with Crippen LogP contribution in [0.2, 0.25) is 0 Å². The van der Waals surface area contributed by atoms with Gasteiger partial charge in [0.05, 0.1) is 17.5 Å². The van der Waals surface area contributed by atoms with E-state index >= 15 is 0 Å². The zero-order valence-electron chi connectivity index (χ0n) is 15.3. The molecule has 2 heterocycles. The molecule has 2 aliphatic rings. The average Bonchev–Trinajstić information content (AvgIpc) is 3.35. The smallest absolute Gasteiger partial charge is 0.348 e. The van der Waals surface area contributed by atoms with E-state index < -0.39 is 34.4 Å². The van der Waals surface area contributed by atoms with E-state index in [-0.39, 0.29) is 11.5 Å². The van der Waals surface area contributed by atoms with Crippen LogP contribution in [0.5, 0.6) is 0 Å². The molecule has 1 aliphatic carbocycles. The number of benzene rings is 1. The van der Waals surface area contributed by atoms with Crippen molar-refractivity contribution in [2.24, 2.45) is 0 Å². The number of sulfone groups is 1. The number of nitrogens with zero attached hydrogens (tertiary/aromatic N) is 1. The van der Waals surface area contributed by atoms with Gasteiger partial charge in [-0.25, -0.2) is 13.2 Å². The number of esters is 1. The van der Waals surface area contributed by atoms with Crippen LogP contribution in [0, 0.1) is 0 Å². The molecule has 0 bridgehead atoms. The number of para-hydroxylation sites is 1. The summed E-state index contributed by atoms with van der Waals surface area (Å²) in [6.45, 7) is -0.410. The first-order valence-electron chi connectivity index (χ1n) is 9.29. The third-order valence-corrected chi connectivity index (χ3v) is 8.12. The van der Waals surface area contributed by atoms with Crippen LogP contribution in [0.25, 0.3) is 0 Å². The first-order valence-corrected chi connectivity index (χ1v) is 11.9. The molecule has 0 unspecified atom stereocenters. The molecular weight excluding hydrogens is 398 g/mol. The number of amides is 1. The fourth-order valence-corrected chi connectivity index (χ4v) is 6.67. The number of carbonyl (C=O) groups is 2. The van der Waals surface area contributed by atoms with E-state index in [0.717, 1.165) is 19.3 Å². The minimum absolute atomic E-state index is 0.0643. The molecule has 8 heteroatoms. The predicted molar refractivity (Wildman–Crippen MR) is 108 cm³/mol. The second kappa shape index (κ2) is 7.67. The van der Waals surface area contributed by atoms with Gasteiger partial charge in [0.15, 0.2) is 16.4 Å². The van der Waals surface area contributed by atoms with E-state index in [1.165, 1.54) is 26.7 Å². The Kier molecular flexibility index (Phi) is 5.25. The largest absolute Gasteiger partial charge is 0.451 e. The van der Waals surface area contributed by atoms with Gasteiger partial charge in [0.2, 0.25) is 0 Å². The summed E-state index contributed by atoms with van der Waals surface area (Å²) in [5.74, 6) is -0.917. The van der Waals surface area contributed by atoms with E-state index in [9.17, 15) is 18.0 Å². The minimum atomic E-state index is -3.15. The zero-order valence-corrected chi connectivity index (χ0v) is 16.9. The summed E-state index contributed by atoms with van der Waals surface area (Å²) >= 11 is 1.43. The molecule has 28 heavy (non-hydrogen) atoms. The molecule has 0 spiro atoms. The number of aryl methyl sites for hydroxylation is 2. The number of carbonyl (C=O) groups excluding carboxylic acids is 2. The monoisotopic (exact) mass is 419 g/mol. The number of rotatable bonds is 5. The van der Waals surface area contributed by atoms with E-state index in [4.69, 9.17) is 4.74 Å². The van der Waals surface area contributed by atoms with E-state index in [2.05, 4.69) is 0 Å². The number of hydrogen-bond donors (Lipinski definition) is 0. The Hall–Kier alpha value is -2.19. The van der Waals surface area contributed by atoms with Gasteiger partial charge >= 0.3 is 5.97 Å². The molecule has 0 radical (unpaired) electrons. The summed E-state index contributed by atoms with van der Waals surface area (Å²) in [5, 5.41) is 0. The summed E-state index contributed by atoms with van der Waals surface area (Å²) in [5.41, 5.74) is 1.81. The van der Waals surface area contributed by atoms with Gasteiger partial charge in [-0.1, -0.05) is 18.2 Å². The molecule has 1 atom stereocenters. The molecule has 0 saturated carbocycles. The summed E-state index contributed by atoms with van der Waals surface area (Å²) in [7, 11) is -3.15. The topological polar surface area (TPSA) is 80.8 Å². The molecule has 1 aromatic carbocycles. The fraction of sp³-hybridized carbons (Fsp3) is 0.400. The van der Waals surface area contributed by atoms with Crippen molar-refractivity contribution in [3.05, 3.63) is 51.7 Å². The van der Waals surface area contributed by atoms with Crippen molar-refractivity contribution < 1.29 is 22.7 Å². The number of anilines is 1. The van der Waals surface area contributed by atoms with Crippen LogP contribution < -0.4 is 4.90 Å². The Morgan fingerprint density at radius 2 is 1.96 bits per heavy atom. The zero-order chi connectivity index (χ0) is 19.7. The number of thiophene rings is 1. The maximum Gasteiger partial charge on any atom is 0.348 e. The van der Waals surface area contributed by atoms with Crippen LogP contribution in [-0.2, 0) is 32.2 Å². The highest BCUT2D eigenvalue weighted by molar-refractivity contribution is 7.91. The van der Waals surface area contributed by atoms with Crippen LogP contribution in [0.4, 0.5) is 5.69 Å². The van der Waals surface area contributed by atoms with Gasteiger partial charge in [-0.15, -0.1) is 11.3 Å². The van der Waals surface area contributed by atoms with E-state index in [1.807, 2.05) is 12.1 Å². The Balaban J connectivity index is 1.47. The third kappa shape index (κ3) is 3.98. The lowest BCUT2D eigenvalue weighted by Crippen LogP contribution is -2.43. The lowest BCUT2D eigenvalue weighted by Gasteiger charge is -2.28. The first-order chi connectivity index (χ1) is 13.4. The molecule has 1 aromatic heterocycles. The second-order valence-corrected chi connectivity index (χ2v) is 10.5. The molecule has 6 nitrogen and oxygen atoms in total. The maximum absolute atomic E-state index is 12.9. The predicted octanol–water partition coefficient (Wildman–Crippen LogP) is 2.61. The molecule has 1 saturated heterocycles. The SMILES string of the molecule is O=C(OCC(=O)N(c1ccccc1)[C@H]1CCS(=O)(=O)C1)c1cc2c(s1)CCC2. The van der Waals surface area contributed by atoms with Crippen LogP contribution in [-0.4, -0.2) is 44.4 Å². The number of ether oxygens (including phenoxy) is 1. The molecule has 1 aliphatic heterocycles. The first kappa shape index (κ1) is 19.1. The van der Waals surface area contributed by atoms with Crippen molar-refractivity contribution in [1.29, 1.82) is 0 Å².